The Morgan fingerprint density at radius 1 is 0.919 bits per heavy atom. The maximum absolute atomic E-state index is 12.3. The molecule has 0 atom stereocenters. The van der Waals surface area contributed by atoms with Crippen molar-refractivity contribution in [3.63, 3.8) is 0 Å². The van der Waals surface area contributed by atoms with Crippen LogP contribution in [-0.4, -0.2) is 19.3 Å². The van der Waals surface area contributed by atoms with E-state index in [0.29, 0.717) is 12.3 Å². The fourth-order valence-electron chi connectivity index (χ4n) is 3.56. The van der Waals surface area contributed by atoms with E-state index in [4.69, 9.17) is 9.47 Å². The number of anilines is 1. The Morgan fingerprint density at radius 2 is 1.68 bits per heavy atom. The Labute approximate surface area is 215 Å². The van der Waals surface area contributed by atoms with Crippen molar-refractivity contribution < 1.29 is 28.7 Å². The first-order valence-corrected chi connectivity index (χ1v) is 11.6. The molecule has 0 unspecified atom stereocenters. The van der Waals surface area contributed by atoms with Crippen LogP contribution < -0.4 is 19.7 Å². The molecule has 0 aliphatic heterocycles. The third kappa shape index (κ3) is 7.57. The smallest absolute Gasteiger partial charge is 0.512 e. The summed E-state index contributed by atoms with van der Waals surface area (Å²) in [4.78, 5) is 15.2. The van der Waals surface area contributed by atoms with Crippen molar-refractivity contribution in [1.29, 1.82) is 0 Å². The lowest BCUT2D eigenvalue weighted by molar-refractivity contribution is -0.728. The standard InChI is InChI=1S/C29H27N3O5/c1-35-29(34)37-21-32-17-7-8-23(19-32)18-30-28(33)31-25-15-13-22(14-16-25)20-36-27-12-6-5-11-26(27)24-9-3-2-4-10-24/h2-17,19H,18,20-21H2,1H3,(H-,30,31,33). The summed E-state index contributed by atoms with van der Waals surface area (Å²) in [5, 5.41) is 15.1. The zero-order valence-corrected chi connectivity index (χ0v) is 20.4. The molecule has 0 saturated carbocycles. The summed E-state index contributed by atoms with van der Waals surface area (Å²) in [5.41, 5.74) is 4.53. The van der Waals surface area contributed by atoms with Gasteiger partial charge in [0.15, 0.2) is 12.4 Å². The van der Waals surface area contributed by atoms with E-state index in [1.165, 1.54) is 7.11 Å². The summed E-state index contributed by atoms with van der Waals surface area (Å²) < 4.78 is 17.1. The Kier molecular flexibility index (Phi) is 8.69. The summed E-state index contributed by atoms with van der Waals surface area (Å²) in [6, 6.07) is 28.6. The Morgan fingerprint density at radius 3 is 2.46 bits per heavy atom. The maximum Gasteiger partial charge on any atom is 0.512 e. The fourth-order valence-corrected chi connectivity index (χ4v) is 3.56. The monoisotopic (exact) mass is 497 g/mol. The molecule has 1 N–H and O–H groups in total. The van der Waals surface area contributed by atoms with E-state index in [2.05, 4.69) is 27.2 Å². The number of nitrogens with one attached hydrogen (secondary N) is 1. The minimum Gasteiger partial charge on any atom is -0.846 e. The topological polar surface area (TPSA) is 96.1 Å². The molecule has 4 rings (SSSR count). The Bertz CT molecular complexity index is 1340. The van der Waals surface area contributed by atoms with E-state index >= 15 is 0 Å². The molecule has 0 saturated heterocycles. The molecule has 4 aromatic rings. The molecule has 1 heterocycles. The number of pyridine rings is 1. The van der Waals surface area contributed by atoms with Gasteiger partial charge in [-0.05, 0) is 35.4 Å². The van der Waals surface area contributed by atoms with Gasteiger partial charge in [-0.1, -0.05) is 60.7 Å². The highest BCUT2D eigenvalue weighted by Crippen LogP contribution is 2.30. The number of hydrogen-bond donors (Lipinski definition) is 1. The van der Waals surface area contributed by atoms with Crippen molar-refractivity contribution in [2.75, 3.05) is 12.4 Å². The molecular formula is C29H27N3O5. The molecule has 8 heteroatoms. The molecule has 0 fully saturated rings. The Hall–Kier alpha value is -4.85. The summed E-state index contributed by atoms with van der Waals surface area (Å²) in [6.45, 7) is 0.578. The molecule has 1 aromatic heterocycles. The second-order valence-electron chi connectivity index (χ2n) is 8.05. The van der Waals surface area contributed by atoms with Crippen LogP contribution in [0, 0.1) is 0 Å². The predicted molar refractivity (Wildman–Crippen MR) is 138 cm³/mol. The van der Waals surface area contributed by atoms with Gasteiger partial charge in [0.25, 0.3) is 6.73 Å². The molecule has 0 amide bonds. The number of para-hydroxylation sites is 1. The van der Waals surface area contributed by atoms with Crippen LogP contribution in [0.5, 0.6) is 5.75 Å². The second-order valence-corrected chi connectivity index (χ2v) is 8.05. The molecule has 0 aliphatic carbocycles. The lowest BCUT2D eigenvalue weighted by atomic mass is 10.0. The third-order valence-electron chi connectivity index (χ3n) is 5.39. The lowest BCUT2D eigenvalue weighted by Gasteiger charge is -2.15. The largest absolute Gasteiger partial charge is 0.846 e. The van der Waals surface area contributed by atoms with E-state index in [9.17, 15) is 9.90 Å². The first-order chi connectivity index (χ1) is 18.1. The van der Waals surface area contributed by atoms with Crippen LogP contribution in [0.4, 0.5) is 10.5 Å². The molecule has 0 spiro atoms. The van der Waals surface area contributed by atoms with E-state index in [1.807, 2.05) is 72.8 Å². The summed E-state index contributed by atoms with van der Waals surface area (Å²) >= 11 is 0. The van der Waals surface area contributed by atoms with Gasteiger partial charge >= 0.3 is 6.16 Å². The van der Waals surface area contributed by atoms with Gasteiger partial charge in [0.05, 0.1) is 19.7 Å². The average molecular weight is 498 g/mol. The number of aliphatic imine (C=N–C) groups is 1. The van der Waals surface area contributed by atoms with Crippen molar-refractivity contribution >= 4 is 17.9 Å². The predicted octanol–water partition coefficient (Wildman–Crippen LogP) is 4.29. The van der Waals surface area contributed by atoms with E-state index in [0.717, 1.165) is 28.0 Å². The van der Waals surface area contributed by atoms with Gasteiger partial charge in [0, 0.05) is 22.9 Å². The van der Waals surface area contributed by atoms with Gasteiger partial charge in [-0.2, -0.15) is 4.57 Å². The number of rotatable bonds is 9. The Balaban J connectivity index is 1.30. The quantitative estimate of drug-likeness (QED) is 0.160. The first kappa shape index (κ1) is 25.2. The summed E-state index contributed by atoms with van der Waals surface area (Å²) in [5.74, 6) is 0.809. The molecule has 8 nitrogen and oxygen atoms in total. The fraction of sp³-hybridized carbons (Fsp3) is 0.138. The minimum atomic E-state index is -0.767. The van der Waals surface area contributed by atoms with Gasteiger partial charge < -0.3 is 24.6 Å². The highest BCUT2D eigenvalue weighted by atomic mass is 16.7. The number of carbonyl (C=O) groups excluding carboxylic acids is 1. The first-order valence-electron chi connectivity index (χ1n) is 11.6. The van der Waals surface area contributed by atoms with Gasteiger partial charge in [0.2, 0.25) is 0 Å². The maximum atomic E-state index is 12.3. The van der Waals surface area contributed by atoms with Crippen molar-refractivity contribution in [3.8, 4) is 16.9 Å². The van der Waals surface area contributed by atoms with E-state index in [1.54, 1.807) is 23.0 Å². The van der Waals surface area contributed by atoms with Crippen molar-refractivity contribution in [2.45, 2.75) is 19.9 Å². The van der Waals surface area contributed by atoms with Crippen LogP contribution in [0.3, 0.4) is 0 Å². The van der Waals surface area contributed by atoms with Gasteiger partial charge in [-0.15, -0.1) is 0 Å². The number of carbonyl (C=O) groups is 1. The molecule has 0 bridgehead atoms. The number of nitrogens with zero attached hydrogens (tertiary/aromatic N) is 2. The van der Waals surface area contributed by atoms with Crippen LogP contribution >= 0.6 is 0 Å². The van der Waals surface area contributed by atoms with E-state index in [-0.39, 0.29) is 13.3 Å². The molecule has 3 aromatic carbocycles. The van der Waals surface area contributed by atoms with Gasteiger partial charge in [-0.3, -0.25) is 4.99 Å². The van der Waals surface area contributed by atoms with Crippen LogP contribution in [0.2, 0.25) is 0 Å². The normalized spacial score (nSPS) is 11.0. The number of ether oxygens (including phenoxy) is 3. The van der Waals surface area contributed by atoms with Crippen molar-refractivity contribution in [1.82, 2.24) is 0 Å². The van der Waals surface area contributed by atoms with E-state index < -0.39 is 12.2 Å². The van der Waals surface area contributed by atoms with Crippen LogP contribution in [0.25, 0.3) is 11.1 Å². The average Bonchev–Trinajstić information content (AvgIpc) is 2.95. The highest BCUT2D eigenvalue weighted by Gasteiger charge is 2.08. The molecule has 0 radical (unpaired) electrons. The zero-order chi connectivity index (χ0) is 25.9. The number of amidine groups is 1. The molecular weight excluding hydrogens is 470 g/mol. The van der Waals surface area contributed by atoms with Crippen LogP contribution in [0.15, 0.2) is 108 Å². The van der Waals surface area contributed by atoms with Crippen LogP contribution in [-0.2, 0) is 29.4 Å². The minimum absolute atomic E-state index is 0.000608. The highest BCUT2D eigenvalue weighted by molar-refractivity contribution is 5.85. The summed E-state index contributed by atoms with van der Waals surface area (Å²) in [7, 11) is 1.24. The number of hydrogen-bond acceptors (Lipinski definition) is 6. The van der Waals surface area contributed by atoms with Gasteiger partial charge in [0.1, 0.15) is 12.4 Å². The van der Waals surface area contributed by atoms with Crippen LogP contribution in [0.1, 0.15) is 11.1 Å². The lowest BCUT2D eigenvalue weighted by Crippen LogP contribution is -2.36. The number of methoxy groups -OCH3 is 1. The summed E-state index contributed by atoms with van der Waals surface area (Å²) in [6.07, 6.45) is 2.71. The van der Waals surface area contributed by atoms with Gasteiger partial charge in [-0.25, -0.2) is 4.79 Å². The molecule has 37 heavy (non-hydrogen) atoms. The SMILES string of the molecule is COC(=O)OC[n+]1cccc(CN=C([O-])Nc2ccc(COc3ccccc3-c3ccccc3)cc2)c1. The number of benzene rings is 3. The van der Waals surface area contributed by atoms with Crippen molar-refractivity contribution in [3.05, 3.63) is 115 Å². The molecule has 0 aliphatic rings. The number of aromatic nitrogens is 1. The zero-order valence-electron chi connectivity index (χ0n) is 20.4. The second kappa shape index (κ2) is 12.7. The van der Waals surface area contributed by atoms with Crippen molar-refractivity contribution in [2.24, 2.45) is 4.99 Å². The third-order valence-corrected chi connectivity index (χ3v) is 5.39. The molecule has 188 valence electrons.